The fraction of sp³-hybridized carbons (Fsp3) is 0.476. The Morgan fingerprint density at radius 3 is 2.56 bits per heavy atom. The van der Waals surface area contributed by atoms with Gasteiger partial charge in [0.15, 0.2) is 5.78 Å². The Balaban J connectivity index is 1.94. The van der Waals surface area contributed by atoms with E-state index in [2.05, 4.69) is 48.5 Å². The smallest absolute Gasteiger partial charge is 0.159 e. The molecular weight excluding hydrogens is 326 g/mol. The molecule has 0 aliphatic carbocycles. The van der Waals surface area contributed by atoms with Gasteiger partial charge >= 0.3 is 0 Å². The molecule has 0 saturated carbocycles. The van der Waals surface area contributed by atoms with Crippen molar-refractivity contribution in [2.75, 3.05) is 13.7 Å². The van der Waals surface area contributed by atoms with Crippen LogP contribution in [0.1, 0.15) is 30.9 Å². The van der Waals surface area contributed by atoms with E-state index in [0.717, 1.165) is 36.7 Å². The first-order valence-electron chi connectivity index (χ1n) is 8.95. The number of benzene rings is 1. The summed E-state index contributed by atoms with van der Waals surface area (Å²) in [5.74, 6) is 7.67. The molecule has 0 radical (unpaired) electrons. The largest absolute Gasteiger partial charge is 0.497 e. The number of allylic oxidation sites excluding steroid dienone is 1. The third-order valence-corrected chi connectivity index (χ3v) is 5.45. The minimum absolute atomic E-state index is 0.110. The van der Waals surface area contributed by atoms with E-state index in [1.54, 1.807) is 13.2 Å². The van der Waals surface area contributed by atoms with Gasteiger partial charge in [-0.3, -0.25) is 4.79 Å². The van der Waals surface area contributed by atoms with Crippen LogP contribution in [0.2, 0.25) is 25.7 Å². The highest BCUT2D eigenvalue weighted by molar-refractivity contribution is 6.76. The first kappa shape index (κ1) is 19.3. The molecular formula is C21H29NO2Si. The summed E-state index contributed by atoms with van der Waals surface area (Å²) in [6.45, 7) is 7.95. The molecule has 0 saturated heterocycles. The Kier molecular flexibility index (Phi) is 6.89. The van der Waals surface area contributed by atoms with Crippen molar-refractivity contribution in [3.8, 4) is 17.6 Å². The van der Waals surface area contributed by atoms with Crippen molar-refractivity contribution >= 4 is 13.9 Å². The molecule has 1 aromatic rings. The molecule has 0 fully saturated rings. The number of methoxy groups -OCH3 is 1. The zero-order valence-electron chi connectivity index (χ0n) is 15.8. The van der Waals surface area contributed by atoms with Crippen LogP contribution in [0.15, 0.2) is 36.5 Å². The van der Waals surface area contributed by atoms with E-state index >= 15 is 0 Å². The molecule has 0 aromatic heterocycles. The number of hydrogen-bond donors (Lipinski definition) is 0. The van der Waals surface area contributed by atoms with Crippen LogP contribution in [-0.2, 0) is 4.79 Å². The van der Waals surface area contributed by atoms with Crippen LogP contribution in [0, 0.1) is 11.8 Å². The maximum Gasteiger partial charge on any atom is 0.159 e. The van der Waals surface area contributed by atoms with Gasteiger partial charge in [0.2, 0.25) is 0 Å². The topological polar surface area (TPSA) is 29.5 Å². The first-order chi connectivity index (χ1) is 11.9. The average molecular weight is 356 g/mol. The SMILES string of the molecule is COc1ccc(C2CC(=O)C=CN2CCCC#CC[Si](C)(C)C)cc1. The quantitative estimate of drug-likeness (QED) is 0.423. The minimum atomic E-state index is -1.06. The molecule has 0 bridgehead atoms. The second-order valence-corrected chi connectivity index (χ2v) is 13.2. The summed E-state index contributed by atoms with van der Waals surface area (Å²) < 4.78 is 5.22. The first-order valence-corrected chi connectivity index (χ1v) is 12.7. The number of nitrogens with zero attached hydrogens (tertiary/aromatic N) is 1. The summed E-state index contributed by atoms with van der Waals surface area (Å²) in [6.07, 6.45) is 6.10. The van der Waals surface area contributed by atoms with Crippen LogP contribution in [-0.4, -0.2) is 32.4 Å². The summed E-state index contributed by atoms with van der Waals surface area (Å²) in [7, 11) is 0.601. The normalized spacial score (nSPS) is 17.2. The van der Waals surface area contributed by atoms with Crippen LogP contribution in [0.4, 0.5) is 0 Å². The summed E-state index contributed by atoms with van der Waals surface area (Å²) in [5, 5.41) is 0. The standard InChI is InChI=1S/C21H29NO2Si/c1-24-20-11-9-18(10-12-20)21-17-19(23)13-15-22(21)14-7-5-6-8-16-25(2,3)4/h9-13,15,21H,5,7,14,16-17H2,1-4H3. The second-order valence-electron chi connectivity index (χ2n) is 7.71. The monoisotopic (exact) mass is 355 g/mol. The number of unbranched alkanes of at least 4 members (excludes halogenated alkanes) is 1. The van der Waals surface area contributed by atoms with Crippen molar-refractivity contribution in [2.24, 2.45) is 0 Å². The van der Waals surface area contributed by atoms with Crippen LogP contribution in [0.5, 0.6) is 5.75 Å². The van der Waals surface area contributed by atoms with Gasteiger partial charge in [-0.2, -0.15) is 0 Å². The number of ketones is 1. The Morgan fingerprint density at radius 2 is 1.92 bits per heavy atom. The molecule has 3 nitrogen and oxygen atoms in total. The van der Waals surface area contributed by atoms with Gasteiger partial charge in [0.05, 0.1) is 21.2 Å². The molecule has 1 aromatic carbocycles. The maximum atomic E-state index is 11.9. The fourth-order valence-electron chi connectivity index (χ4n) is 2.79. The van der Waals surface area contributed by atoms with Gasteiger partial charge in [-0.25, -0.2) is 0 Å². The van der Waals surface area contributed by atoms with E-state index < -0.39 is 8.07 Å². The van der Waals surface area contributed by atoms with Crippen molar-refractivity contribution in [3.63, 3.8) is 0 Å². The van der Waals surface area contributed by atoms with Crippen molar-refractivity contribution in [1.82, 2.24) is 4.90 Å². The van der Waals surface area contributed by atoms with Crippen LogP contribution in [0.3, 0.4) is 0 Å². The molecule has 2 rings (SSSR count). The van der Waals surface area contributed by atoms with Gasteiger partial charge in [-0.15, -0.1) is 11.8 Å². The molecule has 0 amide bonds. The Morgan fingerprint density at radius 1 is 1.20 bits per heavy atom. The maximum absolute atomic E-state index is 11.9. The average Bonchev–Trinajstić information content (AvgIpc) is 2.58. The second kappa shape index (κ2) is 8.91. The number of carbonyl (C=O) groups is 1. The number of carbonyl (C=O) groups excluding carboxylic acids is 1. The van der Waals surface area contributed by atoms with Gasteiger partial charge in [0.25, 0.3) is 0 Å². The Hall–Kier alpha value is -1.99. The molecule has 1 heterocycles. The summed E-state index contributed by atoms with van der Waals surface area (Å²) in [5.41, 5.74) is 1.16. The molecule has 0 N–H and O–H groups in total. The highest BCUT2D eigenvalue weighted by Crippen LogP contribution is 2.29. The van der Waals surface area contributed by atoms with E-state index in [1.807, 2.05) is 18.3 Å². The minimum Gasteiger partial charge on any atom is -0.497 e. The lowest BCUT2D eigenvalue weighted by Crippen LogP contribution is -2.30. The fourth-order valence-corrected chi connectivity index (χ4v) is 3.45. The number of rotatable bonds is 6. The highest BCUT2D eigenvalue weighted by Gasteiger charge is 2.23. The lowest BCUT2D eigenvalue weighted by molar-refractivity contribution is -0.116. The third-order valence-electron chi connectivity index (χ3n) is 4.21. The zero-order valence-corrected chi connectivity index (χ0v) is 16.8. The predicted octanol–water partition coefficient (Wildman–Crippen LogP) is 4.65. The van der Waals surface area contributed by atoms with Crippen molar-refractivity contribution in [2.45, 2.75) is 51.0 Å². The van der Waals surface area contributed by atoms with Crippen molar-refractivity contribution < 1.29 is 9.53 Å². The molecule has 1 atom stereocenters. The summed E-state index contributed by atoms with van der Waals surface area (Å²) in [4.78, 5) is 14.1. The molecule has 4 heteroatoms. The van der Waals surface area contributed by atoms with E-state index in [9.17, 15) is 4.79 Å². The van der Waals surface area contributed by atoms with E-state index in [1.165, 1.54) is 0 Å². The Labute approximate surface area is 153 Å². The Bertz CT molecular complexity index is 662. The lowest BCUT2D eigenvalue weighted by Gasteiger charge is -2.33. The van der Waals surface area contributed by atoms with Crippen molar-refractivity contribution in [3.05, 3.63) is 42.1 Å². The lowest BCUT2D eigenvalue weighted by atomic mass is 9.97. The van der Waals surface area contributed by atoms with Crippen LogP contribution in [0.25, 0.3) is 0 Å². The molecule has 0 spiro atoms. The van der Waals surface area contributed by atoms with E-state index in [-0.39, 0.29) is 11.8 Å². The van der Waals surface area contributed by atoms with Crippen LogP contribution >= 0.6 is 0 Å². The molecule has 1 aliphatic rings. The summed E-state index contributed by atoms with van der Waals surface area (Å²) in [6, 6.07) is 9.20. The number of hydrogen-bond acceptors (Lipinski definition) is 3. The third kappa shape index (κ3) is 6.43. The van der Waals surface area contributed by atoms with Crippen LogP contribution < -0.4 is 4.74 Å². The molecule has 134 valence electrons. The highest BCUT2D eigenvalue weighted by atomic mass is 28.3. The van der Waals surface area contributed by atoms with Crippen molar-refractivity contribution in [1.29, 1.82) is 0 Å². The zero-order chi connectivity index (χ0) is 18.3. The van der Waals surface area contributed by atoms with E-state index in [0.29, 0.717) is 6.42 Å². The summed E-state index contributed by atoms with van der Waals surface area (Å²) >= 11 is 0. The van der Waals surface area contributed by atoms with Gasteiger partial charge in [0, 0.05) is 31.6 Å². The van der Waals surface area contributed by atoms with E-state index in [4.69, 9.17) is 4.74 Å². The molecule has 1 unspecified atom stereocenters. The van der Waals surface area contributed by atoms with Gasteiger partial charge in [-0.1, -0.05) is 31.8 Å². The predicted molar refractivity (Wildman–Crippen MR) is 106 cm³/mol. The van der Waals surface area contributed by atoms with Gasteiger partial charge in [-0.05, 0) is 30.2 Å². The molecule has 1 aliphatic heterocycles. The van der Waals surface area contributed by atoms with Gasteiger partial charge < -0.3 is 9.64 Å². The number of ether oxygens (including phenoxy) is 1. The molecule has 25 heavy (non-hydrogen) atoms. The van der Waals surface area contributed by atoms with Gasteiger partial charge in [0.1, 0.15) is 5.75 Å².